The number of anilines is 1. The van der Waals surface area contributed by atoms with Gasteiger partial charge in [0.25, 0.3) is 0 Å². The molecule has 3 nitrogen and oxygen atoms in total. The summed E-state index contributed by atoms with van der Waals surface area (Å²) in [5.41, 5.74) is 1.59. The summed E-state index contributed by atoms with van der Waals surface area (Å²) < 4.78 is 5.26. The fourth-order valence-electron chi connectivity index (χ4n) is 1.65. The van der Waals surface area contributed by atoms with Gasteiger partial charge in [-0.25, -0.2) is 4.79 Å². The van der Waals surface area contributed by atoms with Crippen LogP contribution in [-0.2, 0) is 4.74 Å². The zero-order chi connectivity index (χ0) is 12.7. The normalized spacial score (nSPS) is 11.9. The van der Waals surface area contributed by atoms with E-state index in [0.717, 1.165) is 18.5 Å². The van der Waals surface area contributed by atoms with Crippen molar-refractivity contribution in [3.8, 4) is 0 Å². The summed E-state index contributed by atoms with van der Waals surface area (Å²) in [4.78, 5) is 11.7. The minimum Gasteiger partial charge on any atom is -0.462 e. The molecule has 0 spiro atoms. The van der Waals surface area contributed by atoms with Crippen LogP contribution in [0.4, 0.5) is 5.69 Å². The lowest BCUT2D eigenvalue weighted by molar-refractivity contribution is 0.0443. The Bertz CT molecular complexity index is 346. The van der Waals surface area contributed by atoms with Crippen LogP contribution in [-0.4, -0.2) is 19.6 Å². The molecule has 0 saturated heterocycles. The maximum absolute atomic E-state index is 11.7. The molecular weight excluding hydrogens is 214 g/mol. The van der Waals surface area contributed by atoms with Gasteiger partial charge in [-0.1, -0.05) is 20.3 Å². The number of carbonyl (C=O) groups excluding carboxylic acids is 1. The molecule has 0 bridgehead atoms. The number of esters is 1. The molecule has 0 aromatic heterocycles. The van der Waals surface area contributed by atoms with Crippen molar-refractivity contribution < 1.29 is 9.53 Å². The Morgan fingerprint density at radius 1 is 1.35 bits per heavy atom. The molecule has 0 amide bonds. The van der Waals surface area contributed by atoms with Crippen molar-refractivity contribution in [3.63, 3.8) is 0 Å². The van der Waals surface area contributed by atoms with Crippen molar-refractivity contribution >= 4 is 11.7 Å². The highest BCUT2D eigenvalue weighted by molar-refractivity contribution is 5.89. The maximum atomic E-state index is 11.7. The second-order valence-electron chi connectivity index (χ2n) is 4.32. The summed E-state index contributed by atoms with van der Waals surface area (Å²) in [6.07, 6.45) is 2.21. The highest BCUT2D eigenvalue weighted by atomic mass is 16.5. The molecule has 1 aromatic carbocycles. The van der Waals surface area contributed by atoms with E-state index < -0.39 is 0 Å². The largest absolute Gasteiger partial charge is 0.462 e. The van der Waals surface area contributed by atoms with Crippen LogP contribution in [0, 0.1) is 5.92 Å². The molecule has 17 heavy (non-hydrogen) atoms. The van der Waals surface area contributed by atoms with E-state index in [1.807, 2.05) is 19.2 Å². The van der Waals surface area contributed by atoms with E-state index in [9.17, 15) is 4.79 Å². The fourth-order valence-corrected chi connectivity index (χ4v) is 1.65. The Kier molecular flexibility index (Phi) is 5.53. The number of hydrogen-bond donors (Lipinski definition) is 1. The van der Waals surface area contributed by atoms with Gasteiger partial charge in [0.1, 0.15) is 0 Å². The fraction of sp³-hybridized carbons (Fsp3) is 0.500. The molecule has 1 unspecified atom stereocenters. The minimum atomic E-state index is -0.240. The number of rotatable bonds is 6. The lowest BCUT2D eigenvalue weighted by atomic mass is 10.1. The van der Waals surface area contributed by atoms with Crippen LogP contribution < -0.4 is 5.32 Å². The van der Waals surface area contributed by atoms with E-state index in [0.29, 0.717) is 18.1 Å². The van der Waals surface area contributed by atoms with Crippen molar-refractivity contribution in [1.29, 1.82) is 0 Å². The lowest BCUT2D eigenvalue weighted by Crippen LogP contribution is -2.12. The van der Waals surface area contributed by atoms with Gasteiger partial charge >= 0.3 is 5.97 Å². The summed E-state index contributed by atoms with van der Waals surface area (Å²) >= 11 is 0. The zero-order valence-electron chi connectivity index (χ0n) is 10.8. The van der Waals surface area contributed by atoms with Crippen molar-refractivity contribution in [2.24, 2.45) is 5.92 Å². The molecule has 0 aliphatic rings. The molecule has 0 radical (unpaired) electrons. The van der Waals surface area contributed by atoms with Crippen molar-refractivity contribution in [3.05, 3.63) is 29.8 Å². The molecule has 0 fully saturated rings. The Morgan fingerprint density at radius 2 is 2.00 bits per heavy atom. The summed E-state index contributed by atoms with van der Waals surface area (Å²) in [7, 11) is 1.85. The van der Waals surface area contributed by atoms with Crippen LogP contribution in [0.25, 0.3) is 0 Å². The average Bonchev–Trinajstić information content (AvgIpc) is 2.36. The topological polar surface area (TPSA) is 38.3 Å². The maximum Gasteiger partial charge on any atom is 0.338 e. The Hall–Kier alpha value is -1.51. The molecule has 1 rings (SSSR count). The lowest BCUT2D eigenvalue weighted by Gasteiger charge is -2.11. The molecule has 3 heteroatoms. The van der Waals surface area contributed by atoms with Gasteiger partial charge in [-0.15, -0.1) is 0 Å². The molecule has 0 heterocycles. The van der Waals surface area contributed by atoms with E-state index in [-0.39, 0.29) is 5.97 Å². The first-order valence-electron chi connectivity index (χ1n) is 6.12. The number of ether oxygens (including phenoxy) is 1. The van der Waals surface area contributed by atoms with Crippen LogP contribution in [0.15, 0.2) is 24.3 Å². The van der Waals surface area contributed by atoms with Gasteiger partial charge in [-0.3, -0.25) is 0 Å². The quantitative estimate of drug-likeness (QED) is 0.769. The van der Waals surface area contributed by atoms with Crippen LogP contribution in [0.2, 0.25) is 0 Å². The van der Waals surface area contributed by atoms with Gasteiger partial charge in [0.05, 0.1) is 12.2 Å². The predicted octanol–water partition coefficient (Wildman–Crippen LogP) is 3.32. The van der Waals surface area contributed by atoms with Crippen LogP contribution in [0.5, 0.6) is 0 Å². The molecule has 0 aliphatic heterocycles. The first-order valence-corrected chi connectivity index (χ1v) is 6.12. The number of carbonyl (C=O) groups is 1. The predicted molar refractivity (Wildman–Crippen MR) is 70.3 cm³/mol. The Morgan fingerprint density at radius 3 is 2.53 bits per heavy atom. The van der Waals surface area contributed by atoms with Crippen LogP contribution in [0.1, 0.15) is 37.0 Å². The third kappa shape index (κ3) is 4.47. The van der Waals surface area contributed by atoms with Crippen molar-refractivity contribution in [2.75, 3.05) is 19.0 Å². The molecular formula is C14H21NO2. The molecule has 94 valence electrons. The van der Waals surface area contributed by atoms with Gasteiger partial charge in [0.2, 0.25) is 0 Å². The first kappa shape index (κ1) is 13.6. The standard InChI is InChI=1S/C14H21NO2/c1-4-5-11(2)10-17-14(16)12-6-8-13(15-3)9-7-12/h6-9,11,15H,4-5,10H2,1-3H3. The summed E-state index contributed by atoms with van der Waals surface area (Å²) in [6, 6.07) is 7.29. The van der Waals surface area contributed by atoms with Gasteiger partial charge < -0.3 is 10.1 Å². The zero-order valence-corrected chi connectivity index (χ0v) is 10.8. The monoisotopic (exact) mass is 235 g/mol. The van der Waals surface area contributed by atoms with Gasteiger partial charge in [0, 0.05) is 12.7 Å². The first-order chi connectivity index (χ1) is 8.17. The Labute approximate surface area is 103 Å². The highest BCUT2D eigenvalue weighted by Crippen LogP contribution is 2.11. The third-order valence-electron chi connectivity index (χ3n) is 2.69. The molecule has 0 saturated carbocycles. The van der Waals surface area contributed by atoms with Crippen molar-refractivity contribution in [1.82, 2.24) is 0 Å². The van der Waals surface area contributed by atoms with Crippen LogP contribution in [0.3, 0.4) is 0 Å². The Balaban J connectivity index is 2.46. The van der Waals surface area contributed by atoms with E-state index in [1.165, 1.54) is 0 Å². The van der Waals surface area contributed by atoms with Crippen molar-refractivity contribution in [2.45, 2.75) is 26.7 Å². The highest BCUT2D eigenvalue weighted by Gasteiger charge is 2.09. The number of benzene rings is 1. The third-order valence-corrected chi connectivity index (χ3v) is 2.69. The van der Waals surface area contributed by atoms with Gasteiger partial charge in [0.15, 0.2) is 0 Å². The van der Waals surface area contributed by atoms with Gasteiger partial charge in [-0.2, -0.15) is 0 Å². The second-order valence-corrected chi connectivity index (χ2v) is 4.32. The summed E-state index contributed by atoms with van der Waals surface area (Å²) in [5.74, 6) is 0.191. The van der Waals surface area contributed by atoms with E-state index in [2.05, 4.69) is 19.2 Å². The molecule has 0 aliphatic carbocycles. The molecule has 1 N–H and O–H groups in total. The summed E-state index contributed by atoms with van der Waals surface area (Å²) in [6.45, 7) is 4.73. The second kappa shape index (κ2) is 6.94. The van der Waals surface area contributed by atoms with E-state index in [4.69, 9.17) is 4.74 Å². The van der Waals surface area contributed by atoms with E-state index in [1.54, 1.807) is 12.1 Å². The number of hydrogen-bond acceptors (Lipinski definition) is 3. The smallest absolute Gasteiger partial charge is 0.338 e. The number of nitrogens with one attached hydrogen (secondary N) is 1. The van der Waals surface area contributed by atoms with Gasteiger partial charge in [-0.05, 0) is 36.6 Å². The minimum absolute atomic E-state index is 0.240. The van der Waals surface area contributed by atoms with E-state index >= 15 is 0 Å². The molecule has 1 aromatic rings. The summed E-state index contributed by atoms with van der Waals surface area (Å²) in [5, 5.41) is 3.01. The molecule has 1 atom stereocenters. The SMILES string of the molecule is CCCC(C)COC(=O)c1ccc(NC)cc1. The van der Waals surface area contributed by atoms with Crippen LogP contribution >= 0.6 is 0 Å². The average molecular weight is 235 g/mol.